The molecular weight excluding hydrogens is 491 g/mol. The van der Waals surface area contributed by atoms with Gasteiger partial charge in [-0.3, -0.25) is 9.59 Å². The molecule has 2 amide bonds. The number of hydrogen-bond donors (Lipinski definition) is 1. The Hall–Kier alpha value is -2.82. The van der Waals surface area contributed by atoms with Crippen LogP contribution in [-0.2, 0) is 29.0 Å². The quantitative estimate of drug-likeness (QED) is 0.346. The van der Waals surface area contributed by atoms with Gasteiger partial charge in [0, 0.05) is 29.1 Å². The number of aryl methyl sites for hydroxylation is 1. The zero-order valence-corrected chi connectivity index (χ0v) is 22.1. The van der Waals surface area contributed by atoms with Crippen LogP contribution in [0.5, 0.6) is 0 Å². The van der Waals surface area contributed by atoms with Gasteiger partial charge >= 0.3 is 0 Å². The molecule has 4 nitrogen and oxygen atoms in total. The summed E-state index contributed by atoms with van der Waals surface area (Å²) in [5.74, 6) is -0.236. The molecule has 1 aliphatic carbocycles. The van der Waals surface area contributed by atoms with Crippen molar-refractivity contribution in [2.24, 2.45) is 0 Å². The van der Waals surface area contributed by atoms with Crippen molar-refractivity contribution >= 4 is 35.0 Å². The fourth-order valence-corrected chi connectivity index (χ4v) is 5.21. The highest BCUT2D eigenvalue weighted by molar-refractivity contribution is 6.35. The molecule has 1 N–H and O–H groups in total. The smallest absolute Gasteiger partial charge is 0.243 e. The second kappa shape index (κ2) is 12.4. The minimum absolute atomic E-state index is 0.118. The molecule has 188 valence electrons. The van der Waals surface area contributed by atoms with Gasteiger partial charge in [0.15, 0.2) is 0 Å². The summed E-state index contributed by atoms with van der Waals surface area (Å²) in [6.07, 6.45) is 4.81. The largest absolute Gasteiger partial charge is 0.352 e. The average Bonchev–Trinajstić information content (AvgIpc) is 3.37. The number of rotatable bonds is 9. The molecule has 0 radical (unpaired) electrons. The normalized spacial score (nSPS) is 14.4. The Morgan fingerprint density at radius 1 is 0.944 bits per heavy atom. The highest BCUT2D eigenvalue weighted by Gasteiger charge is 2.32. The minimum atomic E-state index is -0.669. The Kier molecular flexibility index (Phi) is 9.06. The Bertz CT molecular complexity index is 1180. The number of nitrogens with zero attached hydrogens (tertiary/aromatic N) is 1. The first-order chi connectivity index (χ1) is 17.4. The summed E-state index contributed by atoms with van der Waals surface area (Å²) < 4.78 is 0. The first kappa shape index (κ1) is 26.2. The lowest BCUT2D eigenvalue weighted by molar-refractivity contribution is -0.141. The van der Waals surface area contributed by atoms with Gasteiger partial charge in [-0.2, -0.15) is 0 Å². The second-order valence-corrected chi connectivity index (χ2v) is 10.5. The number of benzene rings is 3. The molecule has 3 aromatic rings. The molecule has 3 aromatic carbocycles. The fourth-order valence-electron chi connectivity index (χ4n) is 4.74. The minimum Gasteiger partial charge on any atom is -0.352 e. The third kappa shape index (κ3) is 7.11. The van der Waals surface area contributed by atoms with Crippen molar-refractivity contribution in [1.82, 2.24) is 10.2 Å². The highest BCUT2D eigenvalue weighted by atomic mass is 35.5. The van der Waals surface area contributed by atoms with Crippen LogP contribution in [0.15, 0.2) is 72.8 Å². The van der Waals surface area contributed by atoms with Crippen LogP contribution in [0.3, 0.4) is 0 Å². The highest BCUT2D eigenvalue weighted by Crippen LogP contribution is 2.25. The standard InChI is InChI=1S/C30H32Cl2N2O2/c1-21-11-13-23(14-12-21)18-29(35)34(20-24-15-16-25(31)19-27(24)32)28(17-22-7-3-2-4-8-22)30(36)33-26-9-5-6-10-26/h2-4,7-8,11-16,19,26,28H,5-6,9-10,17-18,20H2,1H3,(H,33,36). The van der Waals surface area contributed by atoms with Crippen molar-refractivity contribution < 1.29 is 9.59 Å². The van der Waals surface area contributed by atoms with Gasteiger partial charge in [-0.1, -0.05) is 102 Å². The number of carbonyl (C=O) groups is 2. The summed E-state index contributed by atoms with van der Waals surface area (Å²) in [5, 5.41) is 4.23. The Morgan fingerprint density at radius 3 is 2.31 bits per heavy atom. The van der Waals surface area contributed by atoms with E-state index in [1.807, 2.05) is 67.6 Å². The van der Waals surface area contributed by atoms with E-state index in [2.05, 4.69) is 5.32 Å². The third-order valence-electron chi connectivity index (χ3n) is 6.80. The van der Waals surface area contributed by atoms with E-state index in [0.29, 0.717) is 16.5 Å². The molecule has 0 saturated heterocycles. The second-order valence-electron chi connectivity index (χ2n) is 9.62. The number of carbonyl (C=O) groups excluding carboxylic acids is 2. The van der Waals surface area contributed by atoms with Crippen molar-refractivity contribution in [2.75, 3.05) is 0 Å². The Balaban J connectivity index is 1.67. The Morgan fingerprint density at radius 2 is 1.64 bits per heavy atom. The first-order valence-electron chi connectivity index (χ1n) is 12.5. The van der Waals surface area contributed by atoms with Crippen LogP contribution in [0.2, 0.25) is 10.0 Å². The first-order valence-corrected chi connectivity index (χ1v) is 13.3. The molecule has 0 bridgehead atoms. The van der Waals surface area contributed by atoms with Crippen molar-refractivity contribution in [2.45, 2.75) is 64.1 Å². The molecule has 0 aliphatic heterocycles. The average molecular weight is 524 g/mol. The maximum absolute atomic E-state index is 13.8. The van der Waals surface area contributed by atoms with Crippen LogP contribution >= 0.6 is 23.2 Å². The van der Waals surface area contributed by atoms with Crippen LogP contribution in [0.1, 0.15) is 47.9 Å². The van der Waals surface area contributed by atoms with Gasteiger partial charge in [-0.15, -0.1) is 0 Å². The lowest BCUT2D eigenvalue weighted by Gasteiger charge is -2.32. The van der Waals surface area contributed by atoms with Crippen LogP contribution in [0.4, 0.5) is 0 Å². The van der Waals surface area contributed by atoms with E-state index in [9.17, 15) is 9.59 Å². The molecule has 4 rings (SSSR count). The van der Waals surface area contributed by atoms with Crippen molar-refractivity contribution in [3.05, 3.63) is 105 Å². The summed E-state index contributed by atoms with van der Waals surface area (Å²) in [6, 6.07) is 22.5. The summed E-state index contributed by atoms with van der Waals surface area (Å²) in [6.45, 7) is 2.24. The number of nitrogens with one attached hydrogen (secondary N) is 1. The molecule has 1 aliphatic rings. The van der Waals surface area contributed by atoms with Crippen LogP contribution in [-0.4, -0.2) is 28.8 Å². The van der Waals surface area contributed by atoms with Gasteiger partial charge in [-0.25, -0.2) is 0 Å². The monoisotopic (exact) mass is 522 g/mol. The SMILES string of the molecule is Cc1ccc(CC(=O)N(Cc2ccc(Cl)cc2Cl)C(Cc2ccccc2)C(=O)NC2CCCC2)cc1. The molecular formula is C30H32Cl2N2O2. The summed E-state index contributed by atoms with van der Waals surface area (Å²) in [4.78, 5) is 29.2. The van der Waals surface area contributed by atoms with E-state index in [0.717, 1.165) is 47.9 Å². The van der Waals surface area contributed by atoms with Gasteiger partial charge in [0.05, 0.1) is 6.42 Å². The fraction of sp³-hybridized carbons (Fsp3) is 0.333. The molecule has 1 unspecified atom stereocenters. The van der Waals surface area contributed by atoms with Crippen LogP contribution in [0, 0.1) is 6.92 Å². The van der Waals surface area contributed by atoms with Crippen LogP contribution in [0.25, 0.3) is 0 Å². The summed E-state index contributed by atoms with van der Waals surface area (Å²) in [7, 11) is 0. The summed E-state index contributed by atoms with van der Waals surface area (Å²) >= 11 is 12.6. The topological polar surface area (TPSA) is 49.4 Å². The van der Waals surface area contributed by atoms with E-state index in [1.165, 1.54) is 0 Å². The number of amides is 2. The number of hydrogen-bond acceptors (Lipinski definition) is 2. The number of halogens is 2. The van der Waals surface area contributed by atoms with Crippen molar-refractivity contribution in [3.8, 4) is 0 Å². The molecule has 0 heterocycles. The zero-order chi connectivity index (χ0) is 25.5. The molecule has 1 atom stereocenters. The van der Waals surface area contributed by atoms with Gasteiger partial charge in [0.25, 0.3) is 0 Å². The van der Waals surface area contributed by atoms with Gasteiger partial charge < -0.3 is 10.2 Å². The summed E-state index contributed by atoms with van der Waals surface area (Å²) in [5.41, 5.74) is 3.80. The molecule has 1 fully saturated rings. The molecule has 36 heavy (non-hydrogen) atoms. The van der Waals surface area contributed by atoms with Crippen molar-refractivity contribution in [1.29, 1.82) is 0 Å². The molecule has 0 spiro atoms. The van der Waals surface area contributed by atoms with Gasteiger partial charge in [0.2, 0.25) is 11.8 Å². The van der Waals surface area contributed by atoms with Crippen LogP contribution < -0.4 is 5.32 Å². The third-order valence-corrected chi connectivity index (χ3v) is 7.39. The maximum Gasteiger partial charge on any atom is 0.243 e. The zero-order valence-electron chi connectivity index (χ0n) is 20.6. The van der Waals surface area contributed by atoms with E-state index in [4.69, 9.17) is 23.2 Å². The van der Waals surface area contributed by atoms with E-state index in [1.54, 1.807) is 17.0 Å². The lowest BCUT2D eigenvalue weighted by Crippen LogP contribution is -2.52. The van der Waals surface area contributed by atoms with E-state index in [-0.39, 0.29) is 30.8 Å². The molecule has 1 saturated carbocycles. The van der Waals surface area contributed by atoms with Gasteiger partial charge in [-0.05, 0) is 48.6 Å². The predicted molar refractivity (Wildman–Crippen MR) is 146 cm³/mol. The van der Waals surface area contributed by atoms with Gasteiger partial charge in [0.1, 0.15) is 6.04 Å². The molecule has 0 aromatic heterocycles. The van der Waals surface area contributed by atoms with E-state index < -0.39 is 6.04 Å². The van der Waals surface area contributed by atoms with E-state index >= 15 is 0 Å². The predicted octanol–water partition coefficient (Wildman–Crippen LogP) is 6.54. The lowest BCUT2D eigenvalue weighted by atomic mass is 10.0. The van der Waals surface area contributed by atoms with Crippen molar-refractivity contribution in [3.63, 3.8) is 0 Å². The molecule has 6 heteroatoms. The Labute approximate surface area is 223 Å². The maximum atomic E-state index is 13.8.